The van der Waals surface area contributed by atoms with Crippen molar-refractivity contribution in [3.05, 3.63) is 22.7 Å². The molecule has 2 rings (SSSR count). The molecule has 1 aliphatic heterocycles. The first-order chi connectivity index (χ1) is 13.0. The Morgan fingerprint density at radius 2 is 2.04 bits per heavy atom. The van der Waals surface area contributed by atoms with Gasteiger partial charge in [-0.2, -0.15) is 0 Å². The number of halogens is 1. The van der Waals surface area contributed by atoms with Gasteiger partial charge < -0.3 is 30.0 Å². The van der Waals surface area contributed by atoms with Crippen LogP contribution in [-0.2, 0) is 9.47 Å². The van der Waals surface area contributed by atoms with Crippen LogP contribution in [-0.4, -0.2) is 60.6 Å². The molecule has 2 atom stereocenters. The highest BCUT2D eigenvalue weighted by atomic mass is 35.5. The highest BCUT2D eigenvalue weighted by Crippen LogP contribution is 2.30. The van der Waals surface area contributed by atoms with Gasteiger partial charge in [0.25, 0.3) is 0 Å². The van der Waals surface area contributed by atoms with Crippen LogP contribution in [0.3, 0.4) is 0 Å². The van der Waals surface area contributed by atoms with Crippen molar-refractivity contribution in [3.63, 3.8) is 0 Å². The monoisotopic (exact) mass is 414 g/mol. The minimum Gasteiger partial charge on any atom is -0.496 e. The number of ether oxygens (including phenoxy) is 3. The van der Waals surface area contributed by atoms with E-state index < -0.39 is 23.8 Å². The number of nitrogens with two attached hydrogens (primary N) is 1. The lowest BCUT2D eigenvalue weighted by atomic mass is 9.95. The summed E-state index contributed by atoms with van der Waals surface area (Å²) in [5.41, 5.74) is 5.55. The Labute approximate surface area is 169 Å². The Hall–Kier alpha value is -2.19. The lowest BCUT2D eigenvalue weighted by Crippen LogP contribution is -2.49. The Morgan fingerprint density at radius 1 is 1.36 bits per heavy atom. The van der Waals surface area contributed by atoms with Gasteiger partial charge in [-0.05, 0) is 33.3 Å². The zero-order chi connectivity index (χ0) is 21.1. The van der Waals surface area contributed by atoms with Gasteiger partial charge in [0.15, 0.2) is 0 Å². The van der Waals surface area contributed by atoms with E-state index in [0.29, 0.717) is 18.7 Å². The SMILES string of the molecule is COc1cc(N)c(Cl)cc1C(=O)OC[C@@H]1CCN(C(=O)OC(C)(C)C)C[C@@H]1O. The highest BCUT2D eigenvalue weighted by Gasteiger charge is 2.33. The predicted octanol–water partition coefficient (Wildman–Crippen LogP) is 2.71. The topological polar surface area (TPSA) is 111 Å². The molecule has 0 aromatic heterocycles. The van der Waals surface area contributed by atoms with Gasteiger partial charge in [0.2, 0.25) is 0 Å². The lowest BCUT2D eigenvalue weighted by Gasteiger charge is -2.36. The number of aliphatic hydroxyl groups is 1. The van der Waals surface area contributed by atoms with Crippen molar-refractivity contribution in [1.82, 2.24) is 4.90 Å². The molecule has 1 aromatic carbocycles. The number of piperidine rings is 1. The van der Waals surface area contributed by atoms with Crippen LogP contribution in [0.5, 0.6) is 5.75 Å². The summed E-state index contributed by atoms with van der Waals surface area (Å²) in [7, 11) is 1.41. The number of aliphatic hydroxyl groups excluding tert-OH is 1. The van der Waals surface area contributed by atoms with Gasteiger partial charge in [0.1, 0.15) is 16.9 Å². The van der Waals surface area contributed by atoms with Crippen LogP contribution < -0.4 is 10.5 Å². The quantitative estimate of drug-likeness (QED) is 0.575. The van der Waals surface area contributed by atoms with E-state index in [1.807, 2.05) is 0 Å². The van der Waals surface area contributed by atoms with Crippen molar-refractivity contribution < 1.29 is 28.9 Å². The zero-order valence-electron chi connectivity index (χ0n) is 16.5. The molecule has 0 radical (unpaired) electrons. The van der Waals surface area contributed by atoms with Gasteiger partial charge in [-0.25, -0.2) is 9.59 Å². The van der Waals surface area contributed by atoms with Crippen molar-refractivity contribution in [3.8, 4) is 5.75 Å². The first-order valence-corrected chi connectivity index (χ1v) is 9.35. The van der Waals surface area contributed by atoms with Crippen LogP contribution in [0.25, 0.3) is 0 Å². The summed E-state index contributed by atoms with van der Waals surface area (Å²) in [6.45, 7) is 5.88. The zero-order valence-corrected chi connectivity index (χ0v) is 17.3. The van der Waals surface area contributed by atoms with Crippen LogP contribution in [0.15, 0.2) is 12.1 Å². The maximum Gasteiger partial charge on any atom is 0.410 e. The second-order valence-electron chi connectivity index (χ2n) is 7.71. The Kier molecular flexibility index (Phi) is 7.01. The average Bonchev–Trinajstić information content (AvgIpc) is 2.60. The third-order valence-corrected chi connectivity index (χ3v) is 4.67. The molecule has 0 bridgehead atoms. The molecule has 1 heterocycles. The molecule has 1 amide bonds. The number of benzene rings is 1. The van der Waals surface area contributed by atoms with E-state index in [1.54, 1.807) is 20.8 Å². The summed E-state index contributed by atoms with van der Waals surface area (Å²) in [5.74, 6) is -0.661. The molecular weight excluding hydrogens is 388 g/mol. The molecular formula is C19H27ClN2O6. The van der Waals surface area contributed by atoms with Crippen LogP contribution in [0.2, 0.25) is 5.02 Å². The average molecular weight is 415 g/mol. The first kappa shape index (κ1) is 22.1. The highest BCUT2D eigenvalue weighted by molar-refractivity contribution is 6.33. The first-order valence-electron chi connectivity index (χ1n) is 8.98. The minimum absolute atomic E-state index is 0.00725. The van der Waals surface area contributed by atoms with Gasteiger partial charge in [0.05, 0.1) is 37.1 Å². The van der Waals surface area contributed by atoms with E-state index in [2.05, 4.69) is 0 Å². The summed E-state index contributed by atoms with van der Waals surface area (Å²) in [4.78, 5) is 26.0. The molecule has 1 fully saturated rings. The molecule has 156 valence electrons. The number of β-amino-alcohol motifs (C(OH)–C–C–N with tert-alkyl or cyclic N) is 1. The molecule has 0 spiro atoms. The molecule has 1 aliphatic rings. The number of anilines is 1. The number of esters is 1. The van der Waals surface area contributed by atoms with Gasteiger partial charge in [-0.1, -0.05) is 11.6 Å². The molecule has 0 aliphatic carbocycles. The molecule has 3 N–H and O–H groups in total. The Morgan fingerprint density at radius 3 is 2.61 bits per heavy atom. The van der Waals surface area contributed by atoms with Crippen LogP contribution in [0.1, 0.15) is 37.6 Å². The number of carbonyl (C=O) groups is 2. The minimum atomic E-state index is -0.828. The van der Waals surface area contributed by atoms with Crippen LogP contribution in [0.4, 0.5) is 10.5 Å². The molecule has 0 unspecified atom stereocenters. The number of amides is 1. The molecule has 28 heavy (non-hydrogen) atoms. The van der Waals surface area contributed by atoms with E-state index in [0.717, 1.165) is 0 Å². The molecule has 9 heteroatoms. The molecule has 1 saturated heterocycles. The van der Waals surface area contributed by atoms with Crippen LogP contribution in [0, 0.1) is 5.92 Å². The number of hydrogen-bond donors (Lipinski definition) is 2. The molecule has 0 saturated carbocycles. The summed E-state index contributed by atoms with van der Waals surface area (Å²) in [6, 6.07) is 2.84. The summed E-state index contributed by atoms with van der Waals surface area (Å²) in [6.07, 6.45) is -0.818. The van der Waals surface area contributed by atoms with Crippen molar-refractivity contribution >= 4 is 29.4 Å². The fourth-order valence-electron chi connectivity index (χ4n) is 2.82. The largest absolute Gasteiger partial charge is 0.496 e. The number of hydrogen-bond acceptors (Lipinski definition) is 7. The smallest absolute Gasteiger partial charge is 0.410 e. The van der Waals surface area contributed by atoms with Crippen molar-refractivity contribution in [2.24, 2.45) is 5.92 Å². The maximum atomic E-state index is 12.4. The Balaban J connectivity index is 1.93. The van der Waals surface area contributed by atoms with Crippen molar-refractivity contribution in [1.29, 1.82) is 0 Å². The standard InChI is InChI=1S/C19H27ClN2O6/c1-19(2,3)28-18(25)22-6-5-11(15(23)9-22)10-27-17(24)12-7-13(20)14(21)8-16(12)26-4/h7-8,11,15,23H,5-6,9-10,21H2,1-4H3/t11-,15-/m0/s1. The van der Waals surface area contributed by atoms with Gasteiger partial charge in [-0.3, -0.25) is 0 Å². The van der Waals surface area contributed by atoms with Gasteiger partial charge >= 0.3 is 12.1 Å². The second kappa shape index (κ2) is 8.87. The maximum absolute atomic E-state index is 12.4. The number of nitrogen functional groups attached to an aromatic ring is 1. The van der Waals surface area contributed by atoms with E-state index in [1.165, 1.54) is 24.1 Å². The number of likely N-dealkylation sites (tertiary alicyclic amines) is 1. The van der Waals surface area contributed by atoms with E-state index in [-0.39, 0.29) is 35.4 Å². The predicted molar refractivity (Wildman–Crippen MR) is 105 cm³/mol. The molecule has 8 nitrogen and oxygen atoms in total. The number of nitrogens with zero attached hydrogens (tertiary/aromatic N) is 1. The second-order valence-corrected chi connectivity index (χ2v) is 8.12. The fraction of sp³-hybridized carbons (Fsp3) is 0.579. The third kappa shape index (κ3) is 5.65. The third-order valence-electron chi connectivity index (χ3n) is 4.34. The molecule has 1 aromatic rings. The van der Waals surface area contributed by atoms with Crippen LogP contribution >= 0.6 is 11.6 Å². The Bertz CT molecular complexity index is 734. The van der Waals surface area contributed by atoms with Crippen molar-refractivity contribution in [2.45, 2.75) is 38.9 Å². The van der Waals surface area contributed by atoms with Gasteiger partial charge in [-0.15, -0.1) is 0 Å². The lowest BCUT2D eigenvalue weighted by molar-refractivity contribution is -0.0292. The number of carbonyl (C=O) groups excluding carboxylic acids is 2. The van der Waals surface area contributed by atoms with Crippen molar-refractivity contribution in [2.75, 3.05) is 32.5 Å². The summed E-state index contributed by atoms with van der Waals surface area (Å²) in [5, 5.41) is 10.6. The van der Waals surface area contributed by atoms with E-state index in [9.17, 15) is 14.7 Å². The van der Waals surface area contributed by atoms with E-state index >= 15 is 0 Å². The van der Waals surface area contributed by atoms with E-state index in [4.69, 9.17) is 31.5 Å². The normalized spacial score (nSPS) is 19.9. The van der Waals surface area contributed by atoms with Gasteiger partial charge in [0, 0.05) is 18.5 Å². The summed E-state index contributed by atoms with van der Waals surface area (Å²) < 4.78 is 15.8. The summed E-state index contributed by atoms with van der Waals surface area (Å²) >= 11 is 5.97. The number of rotatable bonds is 4. The number of methoxy groups -OCH3 is 1. The fourth-order valence-corrected chi connectivity index (χ4v) is 2.99.